The fraction of sp³-hybridized carbons (Fsp3) is 0.125. The van der Waals surface area contributed by atoms with E-state index in [1.807, 2.05) is 24.4 Å². The lowest BCUT2D eigenvalue weighted by atomic mass is 10.1. The highest BCUT2D eigenvalue weighted by atomic mass is 32.2. The molecule has 1 aliphatic rings. The molecule has 2 heterocycles. The number of benzene rings is 1. The second-order valence-corrected chi connectivity index (χ2v) is 5.16. The minimum absolute atomic E-state index is 0.928. The Bertz CT molecular complexity index is 645. The van der Waals surface area contributed by atoms with E-state index in [9.17, 15) is 0 Å². The van der Waals surface area contributed by atoms with E-state index < -0.39 is 0 Å². The standard InChI is InChI=1S/C16H14N2S/c1-2-12-11-19-15-9-4-3-7-13(15)16(18-12)14-8-5-6-10-17-14/h3-11H,2H2,1H3. The van der Waals surface area contributed by atoms with Crippen molar-refractivity contribution >= 4 is 17.5 Å². The van der Waals surface area contributed by atoms with Crippen LogP contribution in [0, 0.1) is 0 Å². The molecule has 0 radical (unpaired) electrons. The van der Waals surface area contributed by atoms with E-state index in [0.717, 1.165) is 29.1 Å². The summed E-state index contributed by atoms with van der Waals surface area (Å²) < 4.78 is 0. The van der Waals surface area contributed by atoms with Crippen LogP contribution < -0.4 is 0 Å². The first-order chi connectivity index (χ1) is 9.38. The fourth-order valence-electron chi connectivity index (χ4n) is 1.99. The van der Waals surface area contributed by atoms with E-state index >= 15 is 0 Å². The van der Waals surface area contributed by atoms with Gasteiger partial charge in [-0.3, -0.25) is 4.98 Å². The van der Waals surface area contributed by atoms with E-state index in [-0.39, 0.29) is 0 Å². The fourth-order valence-corrected chi connectivity index (χ4v) is 2.92. The number of aromatic nitrogens is 1. The first-order valence-electron chi connectivity index (χ1n) is 6.33. The zero-order valence-corrected chi connectivity index (χ0v) is 11.5. The van der Waals surface area contributed by atoms with Crippen molar-refractivity contribution in [1.82, 2.24) is 4.98 Å². The summed E-state index contributed by atoms with van der Waals surface area (Å²) in [5.74, 6) is 0. The van der Waals surface area contributed by atoms with Crippen LogP contribution in [0.2, 0.25) is 0 Å². The Balaban J connectivity index is 2.19. The van der Waals surface area contributed by atoms with Gasteiger partial charge in [-0.25, -0.2) is 4.99 Å². The number of pyridine rings is 1. The lowest BCUT2D eigenvalue weighted by Gasteiger charge is -2.08. The Kier molecular flexibility index (Phi) is 3.47. The van der Waals surface area contributed by atoms with E-state index in [4.69, 9.17) is 4.99 Å². The second-order valence-electron chi connectivity index (χ2n) is 4.25. The number of aliphatic imine (C=N–C) groups is 1. The van der Waals surface area contributed by atoms with Gasteiger partial charge in [-0.1, -0.05) is 43.0 Å². The summed E-state index contributed by atoms with van der Waals surface area (Å²) in [5.41, 5.74) is 4.15. The molecule has 0 bridgehead atoms. The molecule has 1 aromatic heterocycles. The van der Waals surface area contributed by atoms with Crippen LogP contribution in [0.1, 0.15) is 24.6 Å². The van der Waals surface area contributed by atoms with Crippen LogP contribution in [0.4, 0.5) is 0 Å². The van der Waals surface area contributed by atoms with Crippen molar-refractivity contribution in [3.63, 3.8) is 0 Å². The van der Waals surface area contributed by atoms with Crippen molar-refractivity contribution in [2.24, 2.45) is 4.99 Å². The minimum Gasteiger partial charge on any atom is -0.255 e. The molecule has 0 N–H and O–H groups in total. The highest BCUT2D eigenvalue weighted by Crippen LogP contribution is 2.31. The predicted molar refractivity (Wildman–Crippen MR) is 80.5 cm³/mol. The van der Waals surface area contributed by atoms with Crippen LogP contribution >= 0.6 is 11.8 Å². The van der Waals surface area contributed by atoms with Crippen molar-refractivity contribution in [2.75, 3.05) is 0 Å². The maximum atomic E-state index is 4.80. The van der Waals surface area contributed by atoms with Gasteiger partial charge in [-0.05, 0) is 30.0 Å². The van der Waals surface area contributed by atoms with Gasteiger partial charge in [0.2, 0.25) is 0 Å². The number of allylic oxidation sites excluding steroid dienone is 1. The van der Waals surface area contributed by atoms with Crippen LogP contribution in [-0.2, 0) is 0 Å². The maximum absolute atomic E-state index is 4.80. The molecule has 2 nitrogen and oxygen atoms in total. The molecule has 2 aromatic rings. The average molecular weight is 266 g/mol. The summed E-state index contributed by atoms with van der Waals surface area (Å²) in [6.45, 7) is 2.13. The third kappa shape index (κ3) is 2.47. The molecule has 0 fully saturated rings. The van der Waals surface area contributed by atoms with Gasteiger partial charge in [0.1, 0.15) is 0 Å². The highest BCUT2D eigenvalue weighted by Gasteiger charge is 2.15. The summed E-state index contributed by atoms with van der Waals surface area (Å²) >= 11 is 1.74. The van der Waals surface area contributed by atoms with E-state index in [2.05, 4.69) is 41.6 Å². The smallest absolute Gasteiger partial charge is 0.0973 e. The topological polar surface area (TPSA) is 25.2 Å². The third-order valence-electron chi connectivity index (χ3n) is 2.99. The van der Waals surface area contributed by atoms with Crippen LogP contribution in [0.3, 0.4) is 0 Å². The number of nitrogens with zero attached hydrogens (tertiary/aromatic N) is 2. The molecule has 19 heavy (non-hydrogen) atoms. The molecule has 0 aliphatic carbocycles. The molecule has 1 aromatic carbocycles. The number of thioether (sulfide) groups is 1. The Morgan fingerprint density at radius 3 is 2.68 bits per heavy atom. The molecule has 0 amide bonds. The van der Waals surface area contributed by atoms with E-state index in [1.165, 1.54) is 4.90 Å². The lowest BCUT2D eigenvalue weighted by molar-refractivity contribution is 1.07. The Morgan fingerprint density at radius 1 is 1.05 bits per heavy atom. The number of rotatable bonds is 2. The van der Waals surface area contributed by atoms with Crippen LogP contribution in [0.25, 0.3) is 0 Å². The van der Waals surface area contributed by atoms with Crippen molar-refractivity contribution in [1.29, 1.82) is 0 Å². The lowest BCUT2D eigenvalue weighted by Crippen LogP contribution is -2.06. The zero-order chi connectivity index (χ0) is 13.1. The summed E-state index contributed by atoms with van der Waals surface area (Å²) in [4.78, 5) is 10.5. The number of hydrogen-bond acceptors (Lipinski definition) is 3. The molecule has 0 unspecified atom stereocenters. The van der Waals surface area contributed by atoms with Gasteiger partial charge in [0.05, 0.1) is 11.4 Å². The van der Waals surface area contributed by atoms with Crippen LogP contribution in [-0.4, -0.2) is 10.7 Å². The first kappa shape index (κ1) is 12.2. The van der Waals surface area contributed by atoms with E-state index in [0.29, 0.717) is 0 Å². The summed E-state index contributed by atoms with van der Waals surface area (Å²) in [6, 6.07) is 14.3. The van der Waals surface area contributed by atoms with Crippen molar-refractivity contribution in [3.8, 4) is 0 Å². The number of fused-ring (bicyclic) bond motifs is 1. The van der Waals surface area contributed by atoms with E-state index in [1.54, 1.807) is 11.8 Å². The highest BCUT2D eigenvalue weighted by molar-refractivity contribution is 8.02. The molecule has 0 spiro atoms. The molecule has 3 heteroatoms. The molecule has 0 saturated heterocycles. The Morgan fingerprint density at radius 2 is 1.89 bits per heavy atom. The van der Waals surface area contributed by atoms with Gasteiger partial charge < -0.3 is 0 Å². The predicted octanol–water partition coefficient (Wildman–Crippen LogP) is 4.28. The largest absolute Gasteiger partial charge is 0.255 e. The van der Waals surface area contributed by atoms with Gasteiger partial charge in [-0.2, -0.15) is 0 Å². The SMILES string of the molecule is CCC1=CSc2ccccc2C(c2ccccn2)=N1. The third-order valence-corrected chi connectivity index (χ3v) is 3.99. The molecule has 3 rings (SSSR count). The van der Waals surface area contributed by atoms with Gasteiger partial charge in [0.15, 0.2) is 0 Å². The Labute approximate surface area is 117 Å². The summed E-state index contributed by atoms with van der Waals surface area (Å²) in [7, 11) is 0. The van der Waals surface area contributed by atoms with Crippen LogP contribution in [0.15, 0.2) is 69.7 Å². The molecule has 0 saturated carbocycles. The molecular formula is C16H14N2S. The van der Waals surface area contributed by atoms with Crippen LogP contribution in [0.5, 0.6) is 0 Å². The van der Waals surface area contributed by atoms with Crippen molar-refractivity contribution in [3.05, 3.63) is 71.0 Å². The molecule has 0 atom stereocenters. The maximum Gasteiger partial charge on any atom is 0.0973 e. The molecular weight excluding hydrogens is 252 g/mol. The minimum atomic E-state index is 0.928. The monoisotopic (exact) mass is 266 g/mol. The van der Waals surface area contributed by atoms with Crippen molar-refractivity contribution in [2.45, 2.75) is 18.2 Å². The van der Waals surface area contributed by atoms with Gasteiger partial charge in [-0.15, -0.1) is 0 Å². The Hall–Kier alpha value is -1.87. The van der Waals surface area contributed by atoms with Crippen molar-refractivity contribution < 1.29 is 0 Å². The average Bonchev–Trinajstić information content (AvgIpc) is 2.68. The normalized spacial score (nSPS) is 14.2. The zero-order valence-electron chi connectivity index (χ0n) is 10.7. The molecule has 1 aliphatic heterocycles. The number of hydrogen-bond donors (Lipinski definition) is 0. The first-order valence-corrected chi connectivity index (χ1v) is 7.21. The van der Waals surface area contributed by atoms with Gasteiger partial charge >= 0.3 is 0 Å². The summed E-state index contributed by atoms with van der Waals surface area (Å²) in [6.07, 6.45) is 2.74. The summed E-state index contributed by atoms with van der Waals surface area (Å²) in [5, 5.41) is 2.13. The quantitative estimate of drug-likeness (QED) is 0.810. The van der Waals surface area contributed by atoms with Gasteiger partial charge in [0.25, 0.3) is 0 Å². The second kappa shape index (κ2) is 5.41. The van der Waals surface area contributed by atoms with Gasteiger partial charge in [0, 0.05) is 22.4 Å². The molecule has 94 valence electrons.